The van der Waals surface area contributed by atoms with Crippen LogP contribution in [0.2, 0.25) is 0 Å². The van der Waals surface area contributed by atoms with E-state index in [0.717, 1.165) is 29.2 Å². The van der Waals surface area contributed by atoms with Gasteiger partial charge in [0.25, 0.3) is 0 Å². The Hall–Kier alpha value is -1.73. The Balaban J connectivity index is 1.76. The molecule has 2 amide bonds. The minimum atomic E-state index is -0.809. The smallest absolute Gasteiger partial charge is 0.319 e. The number of nitrogens with one attached hydrogen (secondary N) is 2. The highest BCUT2D eigenvalue weighted by Crippen LogP contribution is 2.26. The number of urea groups is 1. The Morgan fingerprint density at radius 3 is 2.71 bits per heavy atom. The average Bonchev–Trinajstić information content (AvgIpc) is 2.49. The lowest BCUT2D eigenvalue weighted by Gasteiger charge is -2.42. The normalized spacial score (nSPS) is 19.6. The molecule has 0 spiro atoms. The van der Waals surface area contributed by atoms with Crippen LogP contribution in [0.15, 0.2) is 29.2 Å². The molecule has 0 atom stereocenters. The van der Waals surface area contributed by atoms with Crippen molar-refractivity contribution in [2.45, 2.75) is 43.7 Å². The number of hydrogen-bond donors (Lipinski definition) is 3. The summed E-state index contributed by atoms with van der Waals surface area (Å²) in [5.41, 5.74) is 0.780. The van der Waals surface area contributed by atoms with Gasteiger partial charge in [-0.05, 0) is 43.3 Å². The van der Waals surface area contributed by atoms with E-state index >= 15 is 0 Å². The van der Waals surface area contributed by atoms with Gasteiger partial charge in [0.15, 0.2) is 0 Å². The van der Waals surface area contributed by atoms with Crippen LogP contribution in [0.5, 0.6) is 0 Å². The van der Waals surface area contributed by atoms with Gasteiger partial charge in [0.2, 0.25) is 0 Å². The Morgan fingerprint density at radius 1 is 1.33 bits per heavy atom. The van der Waals surface area contributed by atoms with Crippen LogP contribution in [0.25, 0.3) is 0 Å². The number of rotatable bonds is 8. The maximum Gasteiger partial charge on any atom is 0.319 e. The third-order valence-corrected chi connectivity index (χ3v) is 4.99. The third kappa shape index (κ3) is 5.42. The molecule has 0 bridgehead atoms. The summed E-state index contributed by atoms with van der Waals surface area (Å²) in [6.45, 7) is 4.81. The summed E-state index contributed by atoms with van der Waals surface area (Å²) >= 11 is 1.73. The summed E-state index contributed by atoms with van der Waals surface area (Å²) in [6.07, 6.45) is 1.58. The van der Waals surface area contributed by atoms with Crippen LogP contribution < -0.4 is 10.6 Å². The quantitative estimate of drug-likeness (QED) is 0.628. The van der Waals surface area contributed by atoms with Gasteiger partial charge in [0, 0.05) is 22.7 Å². The number of thioether (sulfide) groups is 1. The predicted octanol–water partition coefficient (Wildman–Crippen LogP) is 2.86. The van der Waals surface area contributed by atoms with E-state index in [4.69, 9.17) is 5.11 Å². The molecule has 1 saturated carbocycles. The van der Waals surface area contributed by atoms with Gasteiger partial charge in [-0.1, -0.05) is 19.9 Å². The summed E-state index contributed by atoms with van der Waals surface area (Å²) in [7, 11) is 0. The first-order valence-electron chi connectivity index (χ1n) is 8.28. The first kappa shape index (κ1) is 18.6. The Kier molecular flexibility index (Phi) is 6.93. The fourth-order valence-electron chi connectivity index (χ4n) is 2.86. The SMILES string of the molecule is CCSc1cccc(NC(=O)NC2CC(N(CC)CC(=O)O)C2)c1. The van der Waals surface area contributed by atoms with Crippen molar-refractivity contribution >= 4 is 29.4 Å². The lowest BCUT2D eigenvalue weighted by Crippen LogP contribution is -2.55. The zero-order valence-electron chi connectivity index (χ0n) is 14.1. The van der Waals surface area contributed by atoms with Crippen molar-refractivity contribution in [3.8, 4) is 0 Å². The standard InChI is InChI=1S/C17H25N3O3S/c1-3-20(11-16(21)22)14-8-13(9-14)19-17(23)18-12-6-5-7-15(10-12)24-4-2/h5-7,10,13-14H,3-4,8-9,11H2,1-2H3,(H,21,22)(H2,18,19,23). The monoisotopic (exact) mass is 351 g/mol. The molecule has 0 saturated heterocycles. The molecule has 0 aliphatic heterocycles. The van der Waals surface area contributed by atoms with Crippen LogP contribution >= 0.6 is 11.8 Å². The van der Waals surface area contributed by atoms with E-state index in [0.29, 0.717) is 6.54 Å². The van der Waals surface area contributed by atoms with Crippen molar-refractivity contribution in [2.75, 3.05) is 24.2 Å². The van der Waals surface area contributed by atoms with E-state index in [1.807, 2.05) is 36.1 Å². The summed E-state index contributed by atoms with van der Waals surface area (Å²) in [4.78, 5) is 26.0. The minimum Gasteiger partial charge on any atom is -0.480 e. The molecule has 132 valence electrons. The van der Waals surface area contributed by atoms with E-state index in [1.165, 1.54) is 0 Å². The summed E-state index contributed by atoms with van der Waals surface area (Å²) < 4.78 is 0. The molecular formula is C17H25N3O3S. The van der Waals surface area contributed by atoms with E-state index in [-0.39, 0.29) is 24.7 Å². The van der Waals surface area contributed by atoms with Crippen molar-refractivity contribution < 1.29 is 14.7 Å². The Morgan fingerprint density at radius 2 is 2.08 bits per heavy atom. The number of likely N-dealkylation sites (N-methyl/N-ethyl adjacent to an activating group) is 1. The number of carboxylic acids is 1. The van der Waals surface area contributed by atoms with Gasteiger partial charge >= 0.3 is 12.0 Å². The molecule has 1 fully saturated rings. The summed E-state index contributed by atoms with van der Waals surface area (Å²) in [6, 6.07) is 7.91. The van der Waals surface area contributed by atoms with Gasteiger partial charge in [-0.15, -0.1) is 11.8 Å². The van der Waals surface area contributed by atoms with Crippen molar-refractivity contribution in [3.63, 3.8) is 0 Å². The molecular weight excluding hydrogens is 326 g/mol. The number of amides is 2. The van der Waals surface area contributed by atoms with Gasteiger partial charge in [-0.3, -0.25) is 9.69 Å². The number of carbonyl (C=O) groups is 2. The maximum atomic E-state index is 12.1. The predicted molar refractivity (Wildman–Crippen MR) is 96.7 cm³/mol. The molecule has 6 nitrogen and oxygen atoms in total. The molecule has 0 unspecified atom stereocenters. The average molecular weight is 351 g/mol. The zero-order valence-corrected chi connectivity index (χ0v) is 14.9. The molecule has 1 aromatic rings. The number of anilines is 1. The molecule has 0 radical (unpaired) electrons. The van der Waals surface area contributed by atoms with Gasteiger partial charge in [0.1, 0.15) is 0 Å². The van der Waals surface area contributed by atoms with E-state index in [9.17, 15) is 9.59 Å². The molecule has 7 heteroatoms. The number of carbonyl (C=O) groups excluding carboxylic acids is 1. The van der Waals surface area contributed by atoms with E-state index < -0.39 is 5.97 Å². The molecule has 1 aromatic carbocycles. The number of carboxylic acid groups (broad SMARTS) is 1. The van der Waals surface area contributed by atoms with Crippen LogP contribution in [0.4, 0.5) is 10.5 Å². The highest BCUT2D eigenvalue weighted by molar-refractivity contribution is 7.99. The van der Waals surface area contributed by atoms with E-state index in [2.05, 4.69) is 17.6 Å². The van der Waals surface area contributed by atoms with E-state index in [1.54, 1.807) is 11.8 Å². The Bertz CT molecular complexity index is 576. The molecule has 0 aromatic heterocycles. The largest absolute Gasteiger partial charge is 0.480 e. The van der Waals surface area contributed by atoms with Crippen LogP contribution in [0.3, 0.4) is 0 Å². The van der Waals surface area contributed by atoms with Crippen molar-refractivity contribution in [3.05, 3.63) is 24.3 Å². The maximum absolute atomic E-state index is 12.1. The zero-order chi connectivity index (χ0) is 17.5. The second-order valence-corrected chi connectivity index (χ2v) is 7.18. The molecule has 24 heavy (non-hydrogen) atoms. The fraction of sp³-hybridized carbons (Fsp3) is 0.529. The fourth-order valence-corrected chi connectivity index (χ4v) is 3.58. The number of nitrogens with zero attached hydrogens (tertiary/aromatic N) is 1. The minimum absolute atomic E-state index is 0.0575. The molecule has 3 N–H and O–H groups in total. The third-order valence-electron chi connectivity index (χ3n) is 4.11. The molecule has 0 heterocycles. The lowest BCUT2D eigenvalue weighted by atomic mass is 9.85. The summed E-state index contributed by atoms with van der Waals surface area (Å²) in [5, 5.41) is 14.7. The number of benzene rings is 1. The topological polar surface area (TPSA) is 81.7 Å². The number of hydrogen-bond acceptors (Lipinski definition) is 4. The highest BCUT2D eigenvalue weighted by atomic mass is 32.2. The second-order valence-electron chi connectivity index (χ2n) is 5.84. The first-order chi connectivity index (χ1) is 11.5. The van der Waals surface area contributed by atoms with Crippen molar-refractivity contribution in [1.29, 1.82) is 0 Å². The lowest BCUT2D eigenvalue weighted by molar-refractivity contribution is -0.139. The van der Waals surface area contributed by atoms with Gasteiger partial charge in [-0.2, -0.15) is 0 Å². The van der Waals surface area contributed by atoms with Crippen LogP contribution in [-0.4, -0.2) is 52.9 Å². The molecule has 2 rings (SSSR count). The van der Waals surface area contributed by atoms with Gasteiger partial charge < -0.3 is 15.7 Å². The van der Waals surface area contributed by atoms with Crippen LogP contribution in [0.1, 0.15) is 26.7 Å². The van der Waals surface area contributed by atoms with Gasteiger partial charge in [-0.25, -0.2) is 4.79 Å². The van der Waals surface area contributed by atoms with Crippen LogP contribution in [-0.2, 0) is 4.79 Å². The molecule has 1 aliphatic carbocycles. The Labute approximate surface area is 147 Å². The molecule has 1 aliphatic rings. The highest BCUT2D eigenvalue weighted by Gasteiger charge is 2.34. The van der Waals surface area contributed by atoms with Crippen molar-refractivity contribution in [1.82, 2.24) is 10.2 Å². The first-order valence-corrected chi connectivity index (χ1v) is 9.26. The summed E-state index contributed by atoms with van der Waals surface area (Å²) in [5.74, 6) is 0.180. The van der Waals surface area contributed by atoms with Gasteiger partial charge in [0.05, 0.1) is 6.54 Å². The van der Waals surface area contributed by atoms with Crippen molar-refractivity contribution in [2.24, 2.45) is 0 Å². The van der Waals surface area contributed by atoms with Crippen LogP contribution in [0, 0.1) is 0 Å². The second kappa shape index (κ2) is 8.94. The number of aliphatic carboxylic acids is 1.